The lowest BCUT2D eigenvalue weighted by atomic mass is 10.1. The van der Waals surface area contributed by atoms with E-state index in [0.717, 1.165) is 11.1 Å². The Labute approximate surface area is 100 Å². The van der Waals surface area contributed by atoms with Gasteiger partial charge >= 0.3 is 0 Å². The molecule has 4 heteroatoms. The van der Waals surface area contributed by atoms with Crippen LogP contribution in [0.3, 0.4) is 0 Å². The van der Waals surface area contributed by atoms with Crippen molar-refractivity contribution in [2.45, 2.75) is 20.8 Å². The Kier molecular flexibility index (Phi) is 4.51. The highest BCUT2D eigenvalue weighted by Crippen LogP contribution is 2.16. The third kappa shape index (κ3) is 2.83. The number of rotatable bonds is 4. The number of amides is 1. The van der Waals surface area contributed by atoms with Crippen LogP contribution in [0.1, 0.15) is 29.8 Å². The van der Waals surface area contributed by atoms with Crippen molar-refractivity contribution < 1.29 is 4.79 Å². The second-order valence-corrected chi connectivity index (χ2v) is 4.59. The van der Waals surface area contributed by atoms with Crippen LogP contribution in [-0.4, -0.2) is 23.9 Å². The van der Waals surface area contributed by atoms with Gasteiger partial charge in [-0.25, -0.2) is 0 Å². The highest BCUT2D eigenvalue weighted by atomic mass is 32.1. The number of carbonyl (C=O) groups excluding carboxylic acids is 1. The van der Waals surface area contributed by atoms with Crippen molar-refractivity contribution in [3.05, 3.63) is 21.9 Å². The van der Waals surface area contributed by atoms with E-state index in [0.29, 0.717) is 13.1 Å². The maximum absolute atomic E-state index is 12.1. The van der Waals surface area contributed by atoms with E-state index in [-0.39, 0.29) is 11.8 Å². The van der Waals surface area contributed by atoms with Crippen molar-refractivity contribution in [1.82, 2.24) is 4.90 Å². The summed E-state index contributed by atoms with van der Waals surface area (Å²) in [5, 5.41) is 12.6. The van der Waals surface area contributed by atoms with Gasteiger partial charge in [-0.05, 0) is 31.7 Å². The number of hydrogen-bond acceptors (Lipinski definition) is 3. The normalized spacial score (nSPS) is 11.9. The van der Waals surface area contributed by atoms with E-state index in [1.54, 1.807) is 4.90 Å². The van der Waals surface area contributed by atoms with Crippen LogP contribution in [0.5, 0.6) is 0 Å². The van der Waals surface area contributed by atoms with Crippen molar-refractivity contribution >= 4 is 17.2 Å². The molecule has 3 nitrogen and oxygen atoms in total. The molecule has 1 aromatic heterocycles. The predicted molar refractivity (Wildman–Crippen MR) is 65.4 cm³/mol. The fourth-order valence-corrected chi connectivity index (χ4v) is 2.30. The van der Waals surface area contributed by atoms with Crippen LogP contribution >= 0.6 is 11.3 Å². The summed E-state index contributed by atoms with van der Waals surface area (Å²) >= 11 is 1.53. The molecule has 1 rings (SSSR count). The van der Waals surface area contributed by atoms with E-state index in [1.165, 1.54) is 11.3 Å². The van der Waals surface area contributed by atoms with Gasteiger partial charge < -0.3 is 4.90 Å². The lowest BCUT2D eigenvalue weighted by Gasteiger charge is -2.21. The average Bonchev–Trinajstić information content (AvgIpc) is 2.71. The SMILES string of the molecule is CCN(CC(C)C#N)C(=O)c1cscc1C. The number of nitriles is 1. The van der Waals surface area contributed by atoms with Crippen LogP contribution in [0.25, 0.3) is 0 Å². The second kappa shape index (κ2) is 5.66. The Hall–Kier alpha value is -1.34. The summed E-state index contributed by atoms with van der Waals surface area (Å²) in [4.78, 5) is 13.9. The van der Waals surface area contributed by atoms with Crippen molar-refractivity contribution in [3.8, 4) is 6.07 Å². The third-order valence-electron chi connectivity index (χ3n) is 2.47. The van der Waals surface area contributed by atoms with Gasteiger partial charge in [-0.3, -0.25) is 4.79 Å². The molecular formula is C12H16N2OS. The first-order chi connectivity index (χ1) is 7.60. The van der Waals surface area contributed by atoms with Crippen LogP contribution in [0, 0.1) is 24.2 Å². The summed E-state index contributed by atoms with van der Waals surface area (Å²) in [5.41, 5.74) is 1.77. The molecule has 1 atom stereocenters. The molecule has 0 bridgehead atoms. The first kappa shape index (κ1) is 12.7. The van der Waals surface area contributed by atoms with Gasteiger partial charge in [-0.2, -0.15) is 16.6 Å². The van der Waals surface area contributed by atoms with Gasteiger partial charge in [0.1, 0.15) is 0 Å². The molecule has 1 aromatic rings. The second-order valence-electron chi connectivity index (χ2n) is 3.84. The molecule has 0 saturated heterocycles. The minimum absolute atomic E-state index is 0.0309. The van der Waals surface area contributed by atoms with Crippen molar-refractivity contribution in [3.63, 3.8) is 0 Å². The number of thiophene rings is 1. The molecule has 1 amide bonds. The molecule has 0 fully saturated rings. The molecule has 0 aliphatic rings. The lowest BCUT2D eigenvalue weighted by Crippen LogP contribution is -2.34. The zero-order valence-corrected chi connectivity index (χ0v) is 10.7. The topological polar surface area (TPSA) is 44.1 Å². The molecule has 1 unspecified atom stereocenters. The van der Waals surface area contributed by atoms with Crippen LogP contribution in [0.4, 0.5) is 0 Å². The Morgan fingerprint density at radius 1 is 1.62 bits per heavy atom. The minimum atomic E-state index is -0.122. The number of hydrogen-bond donors (Lipinski definition) is 0. The highest BCUT2D eigenvalue weighted by Gasteiger charge is 2.18. The third-order valence-corrected chi connectivity index (χ3v) is 3.33. The largest absolute Gasteiger partial charge is 0.338 e. The zero-order valence-electron chi connectivity index (χ0n) is 9.86. The number of aryl methyl sites for hydroxylation is 1. The van der Waals surface area contributed by atoms with Gasteiger partial charge in [0.05, 0.1) is 17.6 Å². The summed E-state index contributed by atoms with van der Waals surface area (Å²) in [7, 11) is 0. The Bertz CT molecular complexity index is 405. The van der Waals surface area contributed by atoms with Crippen molar-refractivity contribution in [1.29, 1.82) is 5.26 Å². The molecule has 0 aromatic carbocycles. The Balaban J connectivity index is 2.79. The molecule has 0 spiro atoms. The van der Waals surface area contributed by atoms with Crippen molar-refractivity contribution in [2.24, 2.45) is 5.92 Å². The van der Waals surface area contributed by atoms with Gasteiger partial charge in [0, 0.05) is 18.5 Å². The molecular weight excluding hydrogens is 220 g/mol. The van der Waals surface area contributed by atoms with E-state index in [1.807, 2.05) is 31.5 Å². The van der Waals surface area contributed by atoms with Gasteiger partial charge in [-0.1, -0.05) is 0 Å². The molecule has 0 N–H and O–H groups in total. The van der Waals surface area contributed by atoms with E-state index >= 15 is 0 Å². The summed E-state index contributed by atoms with van der Waals surface area (Å²) in [6.45, 7) is 6.84. The van der Waals surface area contributed by atoms with E-state index < -0.39 is 0 Å². The maximum atomic E-state index is 12.1. The monoisotopic (exact) mass is 236 g/mol. The smallest absolute Gasteiger partial charge is 0.254 e. The van der Waals surface area contributed by atoms with Crippen LogP contribution in [0.15, 0.2) is 10.8 Å². The quantitative estimate of drug-likeness (QED) is 0.806. The van der Waals surface area contributed by atoms with Gasteiger partial charge in [-0.15, -0.1) is 0 Å². The molecule has 0 radical (unpaired) electrons. The first-order valence-electron chi connectivity index (χ1n) is 5.31. The Morgan fingerprint density at radius 2 is 2.31 bits per heavy atom. The average molecular weight is 236 g/mol. The highest BCUT2D eigenvalue weighted by molar-refractivity contribution is 7.08. The summed E-state index contributed by atoms with van der Waals surface area (Å²) in [6, 6.07) is 2.15. The van der Waals surface area contributed by atoms with E-state index in [9.17, 15) is 4.79 Å². The summed E-state index contributed by atoms with van der Waals surface area (Å²) in [6.07, 6.45) is 0. The zero-order chi connectivity index (χ0) is 12.1. The molecule has 0 saturated carbocycles. The van der Waals surface area contributed by atoms with Crippen LogP contribution < -0.4 is 0 Å². The fourth-order valence-electron chi connectivity index (χ4n) is 1.48. The van der Waals surface area contributed by atoms with E-state index in [4.69, 9.17) is 5.26 Å². The lowest BCUT2D eigenvalue weighted by molar-refractivity contribution is 0.0752. The van der Waals surface area contributed by atoms with Gasteiger partial charge in [0.2, 0.25) is 0 Å². The first-order valence-corrected chi connectivity index (χ1v) is 6.26. The molecule has 86 valence electrons. The van der Waals surface area contributed by atoms with E-state index in [2.05, 4.69) is 6.07 Å². The molecule has 0 aliphatic heterocycles. The van der Waals surface area contributed by atoms with Crippen molar-refractivity contribution in [2.75, 3.05) is 13.1 Å². The molecule has 0 aliphatic carbocycles. The molecule has 1 heterocycles. The number of nitrogens with zero attached hydrogens (tertiary/aromatic N) is 2. The summed E-state index contributed by atoms with van der Waals surface area (Å²) in [5.74, 6) is -0.0915. The minimum Gasteiger partial charge on any atom is -0.338 e. The standard InChI is InChI=1S/C12H16N2OS/c1-4-14(6-9(2)5-13)12(15)11-8-16-7-10(11)3/h7-9H,4,6H2,1-3H3. The van der Waals surface area contributed by atoms with Crippen LogP contribution in [0.2, 0.25) is 0 Å². The van der Waals surface area contributed by atoms with Gasteiger partial charge in [0.15, 0.2) is 0 Å². The Morgan fingerprint density at radius 3 is 2.75 bits per heavy atom. The number of carbonyl (C=O) groups is 1. The maximum Gasteiger partial charge on any atom is 0.254 e. The van der Waals surface area contributed by atoms with Gasteiger partial charge in [0.25, 0.3) is 5.91 Å². The predicted octanol–water partition coefficient (Wildman–Crippen LogP) is 2.68. The fraction of sp³-hybridized carbons (Fsp3) is 0.500. The van der Waals surface area contributed by atoms with Crippen LogP contribution in [-0.2, 0) is 0 Å². The summed E-state index contributed by atoms with van der Waals surface area (Å²) < 4.78 is 0. The molecule has 16 heavy (non-hydrogen) atoms.